The maximum absolute atomic E-state index is 12.3. The van der Waals surface area contributed by atoms with Crippen LogP contribution in [0.15, 0.2) is 72.8 Å². The molecule has 3 aliphatic rings. The lowest BCUT2D eigenvalue weighted by molar-refractivity contribution is 0.137. The van der Waals surface area contributed by atoms with Crippen LogP contribution < -0.4 is 0 Å². The van der Waals surface area contributed by atoms with E-state index in [2.05, 4.69) is 93.6 Å². The summed E-state index contributed by atoms with van der Waals surface area (Å²) < 4.78 is 73.8. The quantitative estimate of drug-likeness (QED) is 0.0421. The predicted molar refractivity (Wildman–Crippen MR) is 310 cm³/mol. The second kappa shape index (κ2) is 40.4. The second-order valence-electron chi connectivity index (χ2n) is 23.8. The SMILES string of the molecule is CCCCCCCC1CCC(c2ccc(CCC(F)F)cc2)CC1.CCCCCCCCC1CCC(c2ccc(CCC(F)F)cc2)CC1.CCCCCCCCCC1CCC(c2ccc(CCC(F)F)cc2)CC1. The molecule has 0 heterocycles. The molecule has 0 unspecified atom stereocenters. The van der Waals surface area contributed by atoms with Gasteiger partial charge < -0.3 is 0 Å². The molecule has 0 radical (unpaired) electrons. The van der Waals surface area contributed by atoms with Crippen LogP contribution in [-0.2, 0) is 19.3 Å². The van der Waals surface area contributed by atoms with Crippen molar-refractivity contribution in [3.63, 3.8) is 0 Å². The average Bonchev–Trinajstić information content (AvgIpc) is 3.43. The predicted octanol–water partition coefficient (Wildman–Crippen LogP) is 23.7. The van der Waals surface area contributed by atoms with Crippen LogP contribution in [0, 0.1) is 17.8 Å². The molecule has 0 bridgehead atoms. The summed E-state index contributed by atoms with van der Waals surface area (Å²) in [6, 6.07) is 25.4. The zero-order chi connectivity index (χ0) is 53.7. The Morgan fingerprint density at radius 3 is 0.720 bits per heavy atom. The van der Waals surface area contributed by atoms with Crippen molar-refractivity contribution in [1.82, 2.24) is 0 Å². The van der Waals surface area contributed by atoms with Crippen molar-refractivity contribution < 1.29 is 26.3 Å². The van der Waals surface area contributed by atoms with Gasteiger partial charge >= 0.3 is 0 Å². The van der Waals surface area contributed by atoms with Gasteiger partial charge in [0.25, 0.3) is 0 Å². The highest BCUT2D eigenvalue weighted by Gasteiger charge is 2.25. The van der Waals surface area contributed by atoms with Crippen LogP contribution in [0.5, 0.6) is 0 Å². The normalized spacial score (nSPS) is 21.0. The molecular formula is C69H108F6. The summed E-state index contributed by atoms with van der Waals surface area (Å²) in [5.41, 5.74) is 7.37. The molecule has 3 saturated carbocycles. The third kappa shape index (κ3) is 29.2. The molecule has 0 spiro atoms. The largest absolute Gasteiger partial charge is 0.239 e. The summed E-state index contributed by atoms with van der Waals surface area (Å²) in [6.07, 6.45) is 40.3. The number of unbranched alkanes of at least 4 members (excludes halogenated alkanes) is 15. The lowest BCUT2D eigenvalue weighted by Gasteiger charge is -2.29. The molecule has 0 amide bonds. The van der Waals surface area contributed by atoms with Crippen LogP contribution in [0.2, 0.25) is 0 Å². The van der Waals surface area contributed by atoms with E-state index in [1.54, 1.807) is 0 Å². The van der Waals surface area contributed by atoms with Gasteiger partial charge in [0.05, 0.1) is 0 Å². The summed E-state index contributed by atoms with van der Waals surface area (Å²) in [5, 5.41) is 0. The van der Waals surface area contributed by atoms with Gasteiger partial charge in [-0.3, -0.25) is 0 Å². The lowest BCUT2D eigenvalue weighted by Crippen LogP contribution is -2.13. The number of hydrogen-bond donors (Lipinski definition) is 0. The zero-order valence-electron chi connectivity index (χ0n) is 48.0. The highest BCUT2D eigenvalue weighted by atomic mass is 19.3. The minimum atomic E-state index is -2.19. The average molecular weight is 1050 g/mol. The van der Waals surface area contributed by atoms with E-state index in [0.29, 0.717) is 37.0 Å². The van der Waals surface area contributed by atoms with Crippen LogP contribution in [0.25, 0.3) is 0 Å². The van der Waals surface area contributed by atoms with Gasteiger partial charge in [-0.15, -0.1) is 0 Å². The van der Waals surface area contributed by atoms with Crippen molar-refractivity contribution >= 4 is 0 Å². The topological polar surface area (TPSA) is 0 Å². The molecule has 0 aliphatic heterocycles. The third-order valence-electron chi connectivity index (χ3n) is 17.7. The van der Waals surface area contributed by atoms with E-state index in [9.17, 15) is 26.3 Å². The molecule has 3 fully saturated rings. The van der Waals surface area contributed by atoms with Gasteiger partial charge in [0.1, 0.15) is 0 Å². The molecule has 6 heteroatoms. The van der Waals surface area contributed by atoms with Gasteiger partial charge in [-0.1, -0.05) is 228 Å². The fraction of sp³-hybridized carbons (Fsp3) is 0.739. The van der Waals surface area contributed by atoms with Crippen LogP contribution in [0.4, 0.5) is 26.3 Å². The molecule has 6 rings (SSSR count). The molecule has 426 valence electrons. The molecule has 0 N–H and O–H groups in total. The number of hydrogen-bond acceptors (Lipinski definition) is 0. The maximum Gasteiger partial charge on any atom is 0.239 e. The van der Waals surface area contributed by atoms with Crippen LogP contribution in [0.1, 0.15) is 303 Å². The molecule has 3 aliphatic carbocycles. The summed E-state index contributed by atoms with van der Waals surface area (Å²) in [7, 11) is 0. The summed E-state index contributed by atoms with van der Waals surface area (Å²) >= 11 is 0. The molecule has 0 atom stereocenters. The molecule has 0 aromatic heterocycles. The first kappa shape index (κ1) is 64.8. The van der Waals surface area contributed by atoms with E-state index >= 15 is 0 Å². The van der Waals surface area contributed by atoms with Crippen molar-refractivity contribution in [2.24, 2.45) is 17.8 Å². The summed E-state index contributed by atoms with van der Waals surface area (Å²) in [4.78, 5) is 0. The minimum absolute atomic E-state index is 0.0247. The van der Waals surface area contributed by atoms with Gasteiger partial charge in [0.2, 0.25) is 19.3 Å². The smallest absolute Gasteiger partial charge is 0.211 e. The van der Waals surface area contributed by atoms with Gasteiger partial charge in [-0.05, 0) is 165 Å². The highest BCUT2D eigenvalue weighted by molar-refractivity contribution is 5.28. The number of alkyl halides is 6. The van der Waals surface area contributed by atoms with Crippen molar-refractivity contribution in [2.75, 3.05) is 0 Å². The van der Waals surface area contributed by atoms with Crippen LogP contribution >= 0.6 is 0 Å². The van der Waals surface area contributed by atoms with E-state index < -0.39 is 19.3 Å². The van der Waals surface area contributed by atoms with Gasteiger partial charge in [-0.2, -0.15) is 0 Å². The molecule has 0 nitrogen and oxygen atoms in total. The first-order chi connectivity index (χ1) is 36.6. The highest BCUT2D eigenvalue weighted by Crippen LogP contribution is 2.40. The first-order valence-corrected chi connectivity index (χ1v) is 31.7. The van der Waals surface area contributed by atoms with Gasteiger partial charge in [-0.25, -0.2) is 26.3 Å². The monoisotopic (exact) mass is 1050 g/mol. The summed E-state index contributed by atoms with van der Waals surface area (Å²) in [6.45, 7) is 6.82. The summed E-state index contributed by atoms with van der Waals surface area (Å²) in [5.74, 6) is 4.87. The first-order valence-electron chi connectivity index (χ1n) is 31.7. The van der Waals surface area contributed by atoms with Crippen molar-refractivity contribution in [1.29, 1.82) is 0 Å². The second-order valence-corrected chi connectivity index (χ2v) is 23.8. The maximum atomic E-state index is 12.3. The van der Waals surface area contributed by atoms with Crippen molar-refractivity contribution in [2.45, 2.75) is 308 Å². The van der Waals surface area contributed by atoms with Crippen LogP contribution in [0.3, 0.4) is 0 Å². The Labute approximate surface area is 456 Å². The van der Waals surface area contributed by atoms with Crippen molar-refractivity contribution in [3.8, 4) is 0 Å². The number of rotatable bonds is 33. The van der Waals surface area contributed by atoms with Gasteiger partial charge in [0, 0.05) is 19.3 Å². The fourth-order valence-corrected chi connectivity index (χ4v) is 12.7. The van der Waals surface area contributed by atoms with E-state index in [0.717, 1.165) is 34.4 Å². The Balaban J connectivity index is 0.000000244. The Morgan fingerprint density at radius 2 is 0.507 bits per heavy atom. The standard InChI is InChI=1S/C24H38F2.C23H36F2.C22H34F2/c1-2-3-4-5-6-7-8-9-20-10-15-22(16-11-20)23-17-12-21(13-18-23)14-19-24(25)26;1-2-3-4-5-6-7-8-19-9-14-21(15-10-19)22-16-11-20(12-17-22)13-18-23(24)25;1-2-3-4-5-6-7-18-8-13-20(14-9-18)21-15-10-19(11-16-21)12-17-22(23)24/h12-13,17-18,20,22,24H,2-11,14-16,19H2,1H3;11-12,16-17,19,21,23H,2-10,13-15,18H2,1H3;10-11,15-16,18,20,22H,2-9,12-14,17H2,1H3. The fourth-order valence-electron chi connectivity index (χ4n) is 12.7. The van der Waals surface area contributed by atoms with Crippen molar-refractivity contribution in [3.05, 3.63) is 106 Å². The van der Waals surface area contributed by atoms with E-state index in [1.165, 1.54) is 229 Å². The Kier molecular flexibility index (Phi) is 34.9. The Bertz CT molecular complexity index is 1750. The Hall–Kier alpha value is -2.76. The molecule has 3 aromatic rings. The van der Waals surface area contributed by atoms with E-state index in [1.807, 2.05) is 0 Å². The third-order valence-corrected chi connectivity index (χ3v) is 17.7. The Morgan fingerprint density at radius 1 is 0.293 bits per heavy atom. The molecule has 3 aromatic carbocycles. The van der Waals surface area contributed by atoms with E-state index in [-0.39, 0.29) is 19.3 Å². The minimum Gasteiger partial charge on any atom is -0.211 e. The van der Waals surface area contributed by atoms with E-state index in [4.69, 9.17) is 0 Å². The number of aryl methyl sites for hydroxylation is 3. The molecule has 75 heavy (non-hydrogen) atoms. The van der Waals surface area contributed by atoms with Gasteiger partial charge in [0.15, 0.2) is 0 Å². The molecule has 0 saturated heterocycles. The zero-order valence-corrected chi connectivity index (χ0v) is 48.0. The lowest BCUT2D eigenvalue weighted by atomic mass is 9.77. The number of halogens is 6. The molecular weight excluding hydrogens is 943 g/mol. The number of benzene rings is 3. The van der Waals surface area contributed by atoms with Crippen LogP contribution in [-0.4, -0.2) is 19.3 Å².